The molecule has 0 aliphatic carbocycles. The number of benzene rings is 2. The number of aromatic nitrogens is 2. The Kier molecular flexibility index (Phi) is 4.08. The molecule has 0 amide bonds. The number of fused-ring (bicyclic) bond motifs is 1. The lowest BCUT2D eigenvalue weighted by Gasteiger charge is -2.13. The summed E-state index contributed by atoms with van der Waals surface area (Å²) in [4.78, 5) is 6.93. The Balaban J connectivity index is 2.03. The lowest BCUT2D eigenvalue weighted by Crippen LogP contribution is -2.16. The Labute approximate surface area is 133 Å². The van der Waals surface area contributed by atoms with Crippen LogP contribution in [0.1, 0.15) is 11.4 Å². The third-order valence-electron chi connectivity index (χ3n) is 3.45. The molecular formula is C17H18BrN3. The van der Waals surface area contributed by atoms with Crippen LogP contribution in [0, 0.1) is 0 Å². The Bertz CT molecular complexity index is 744. The zero-order valence-electron chi connectivity index (χ0n) is 12.3. The van der Waals surface area contributed by atoms with Gasteiger partial charge in [-0.15, -0.1) is 0 Å². The van der Waals surface area contributed by atoms with Crippen LogP contribution in [0.25, 0.3) is 11.0 Å². The summed E-state index contributed by atoms with van der Waals surface area (Å²) >= 11 is 3.48. The van der Waals surface area contributed by atoms with Crippen LogP contribution in [-0.2, 0) is 13.1 Å². The van der Waals surface area contributed by atoms with E-state index in [0.29, 0.717) is 0 Å². The van der Waals surface area contributed by atoms with E-state index in [4.69, 9.17) is 4.98 Å². The lowest BCUT2D eigenvalue weighted by molar-refractivity contribution is 0.384. The smallest absolute Gasteiger partial charge is 0.124 e. The van der Waals surface area contributed by atoms with E-state index in [-0.39, 0.29) is 0 Å². The molecule has 1 aromatic heterocycles. The predicted octanol–water partition coefficient (Wildman–Crippen LogP) is 3.91. The first-order valence-corrected chi connectivity index (χ1v) is 7.76. The number of nitrogens with zero attached hydrogens (tertiary/aromatic N) is 3. The second-order valence-corrected chi connectivity index (χ2v) is 6.38. The fraction of sp³-hybridized carbons (Fsp3) is 0.235. The van der Waals surface area contributed by atoms with Crippen molar-refractivity contribution < 1.29 is 0 Å². The van der Waals surface area contributed by atoms with Gasteiger partial charge in [0.25, 0.3) is 0 Å². The third-order valence-corrected chi connectivity index (χ3v) is 3.97. The van der Waals surface area contributed by atoms with Crippen molar-refractivity contribution in [1.82, 2.24) is 14.5 Å². The van der Waals surface area contributed by atoms with E-state index < -0.39 is 0 Å². The van der Waals surface area contributed by atoms with E-state index >= 15 is 0 Å². The molecule has 0 aliphatic heterocycles. The van der Waals surface area contributed by atoms with Crippen molar-refractivity contribution in [2.45, 2.75) is 13.1 Å². The molecule has 2 aromatic carbocycles. The average Bonchev–Trinajstić information content (AvgIpc) is 2.78. The maximum Gasteiger partial charge on any atom is 0.124 e. The normalized spacial score (nSPS) is 11.4. The number of rotatable bonds is 4. The van der Waals surface area contributed by atoms with Gasteiger partial charge in [-0.25, -0.2) is 4.98 Å². The van der Waals surface area contributed by atoms with Gasteiger partial charge < -0.3 is 9.47 Å². The summed E-state index contributed by atoms with van der Waals surface area (Å²) in [6.07, 6.45) is 0. The van der Waals surface area contributed by atoms with Crippen LogP contribution in [0.2, 0.25) is 0 Å². The maximum atomic E-state index is 4.78. The lowest BCUT2D eigenvalue weighted by atomic mass is 10.2. The summed E-state index contributed by atoms with van der Waals surface area (Å²) in [6.45, 7) is 1.68. The molecule has 108 valence electrons. The highest BCUT2D eigenvalue weighted by molar-refractivity contribution is 9.10. The monoisotopic (exact) mass is 343 g/mol. The first-order chi connectivity index (χ1) is 10.1. The summed E-state index contributed by atoms with van der Waals surface area (Å²) < 4.78 is 3.41. The molecule has 0 saturated heterocycles. The van der Waals surface area contributed by atoms with Gasteiger partial charge in [0.2, 0.25) is 0 Å². The molecule has 0 bridgehead atoms. The molecule has 0 fully saturated rings. The van der Waals surface area contributed by atoms with Crippen molar-refractivity contribution in [3.63, 3.8) is 0 Å². The zero-order chi connectivity index (χ0) is 14.8. The van der Waals surface area contributed by atoms with E-state index in [2.05, 4.69) is 82.0 Å². The van der Waals surface area contributed by atoms with Gasteiger partial charge in [-0.3, -0.25) is 0 Å². The quantitative estimate of drug-likeness (QED) is 0.716. The van der Waals surface area contributed by atoms with Crippen molar-refractivity contribution >= 4 is 27.0 Å². The molecule has 0 radical (unpaired) electrons. The molecular weight excluding hydrogens is 326 g/mol. The largest absolute Gasteiger partial charge is 0.322 e. The molecule has 4 heteroatoms. The molecule has 3 rings (SSSR count). The van der Waals surface area contributed by atoms with Crippen LogP contribution in [-0.4, -0.2) is 28.5 Å². The zero-order valence-corrected chi connectivity index (χ0v) is 13.8. The molecule has 0 N–H and O–H groups in total. The Morgan fingerprint density at radius 3 is 2.48 bits per heavy atom. The summed E-state index contributed by atoms with van der Waals surface area (Å²) in [5.74, 6) is 1.10. The van der Waals surface area contributed by atoms with E-state index in [9.17, 15) is 0 Å². The molecule has 3 nitrogen and oxygen atoms in total. The van der Waals surface area contributed by atoms with Crippen molar-refractivity contribution in [2.75, 3.05) is 14.1 Å². The number of hydrogen-bond donors (Lipinski definition) is 0. The van der Waals surface area contributed by atoms with Gasteiger partial charge in [-0.2, -0.15) is 0 Å². The number of halogens is 1. The topological polar surface area (TPSA) is 21.1 Å². The number of imidazole rings is 1. The maximum absolute atomic E-state index is 4.78. The molecule has 3 aromatic rings. The molecule has 0 saturated carbocycles. The highest BCUT2D eigenvalue weighted by Gasteiger charge is 2.11. The number of para-hydroxylation sites is 2. The molecule has 1 heterocycles. The van der Waals surface area contributed by atoms with Gasteiger partial charge in [0, 0.05) is 11.0 Å². The van der Waals surface area contributed by atoms with Crippen molar-refractivity contribution in [1.29, 1.82) is 0 Å². The molecule has 21 heavy (non-hydrogen) atoms. The highest BCUT2D eigenvalue weighted by atomic mass is 79.9. The second kappa shape index (κ2) is 6.00. The third kappa shape index (κ3) is 3.17. The van der Waals surface area contributed by atoms with Crippen LogP contribution in [0.5, 0.6) is 0 Å². The predicted molar refractivity (Wildman–Crippen MR) is 90.4 cm³/mol. The highest BCUT2D eigenvalue weighted by Crippen LogP contribution is 2.19. The SMILES string of the molecule is CN(C)Cc1nc2ccccc2n1Cc1ccc(Br)cc1. The summed E-state index contributed by atoms with van der Waals surface area (Å²) in [5, 5.41) is 0. The van der Waals surface area contributed by atoms with Crippen LogP contribution in [0.15, 0.2) is 53.0 Å². The van der Waals surface area contributed by atoms with Crippen molar-refractivity contribution in [3.05, 3.63) is 64.4 Å². The summed E-state index contributed by atoms with van der Waals surface area (Å²) in [7, 11) is 4.15. The van der Waals surface area contributed by atoms with Gasteiger partial charge in [0.1, 0.15) is 5.82 Å². The Morgan fingerprint density at radius 2 is 1.76 bits per heavy atom. The van der Waals surface area contributed by atoms with E-state index in [1.54, 1.807) is 0 Å². The van der Waals surface area contributed by atoms with Crippen LogP contribution < -0.4 is 0 Å². The fourth-order valence-electron chi connectivity index (χ4n) is 2.48. The Hall–Kier alpha value is -1.65. The summed E-state index contributed by atoms with van der Waals surface area (Å²) in [6, 6.07) is 16.8. The minimum absolute atomic E-state index is 0.839. The van der Waals surface area contributed by atoms with Gasteiger partial charge >= 0.3 is 0 Å². The minimum Gasteiger partial charge on any atom is -0.322 e. The van der Waals surface area contributed by atoms with Crippen LogP contribution in [0.3, 0.4) is 0 Å². The van der Waals surface area contributed by atoms with Gasteiger partial charge in [-0.1, -0.05) is 40.2 Å². The standard InChI is InChI=1S/C17H18BrN3/c1-20(2)12-17-19-15-5-3-4-6-16(15)21(17)11-13-7-9-14(18)10-8-13/h3-10H,11-12H2,1-2H3. The van der Waals surface area contributed by atoms with Gasteiger partial charge in [0.05, 0.1) is 17.6 Å². The van der Waals surface area contributed by atoms with Gasteiger partial charge in [0.15, 0.2) is 0 Å². The van der Waals surface area contributed by atoms with Crippen molar-refractivity contribution in [2.24, 2.45) is 0 Å². The van der Waals surface area contributed by atoms with Crippen LogP contribution >= 0.6 is 15.9 Å². The Morgan fingerprint density at radius 1 is 1.05 bits per heavy atom. The molecule has 0 atom stereocenters. The molecule has 0 unspecified atom stereocenters. The first-order valence-electron chi connectivity index (χ1n) is 6.97. The van der Waals surface area contributed by atoms with Crippen molar-refractivity contribution in [3.8, 4) is 0 Å². The second-order valence-electron chi connectivity index (χ2n) is 5.47. The fourth-order valence-corrected chi connectivity index (χ4v) is 2.74. The van der Waals surface area contributed by atoms with E-state index in [1.165, 1.54) is 11.1 Å². The minimum atomic E-state index is 0.839. The first kappa shape index (κ1) is 14.3. The van der Waals surface area contributed by atoms with E-state index in [1.807, 2.05) is 6.07 Å². The van der Waals surface area contributed by atoms with E-state index in [0.717, 1.165) is 28.9 Å². The average molecular weight is 344 g/mol. The van der Waals surface area contributed by atoms with Crippen LogP contribution in [0.4, 0.5) is 0 Å². The molecule has 0 aliphatic rings. The molecule has 0 spiro atoms. The number of hydrogen-bond acceptors (Lipinski definition) is 2. The van der Waals surface area contributed by atoms with Gasteiger partial charge in [-0.05, 0) is 43.9 Å². The summed E-state index contributed by atoms with van der Waals surface area (Å²) in [5.41, 5.74) is 3.53.